The van der Waals surface area contributed by atoms with E-state index in [1.807, 2.05) is 32.0 Å². The number of hydrogen-bond acceptors (Lipinski definition) is 7. The van der Waals surface area contributed by atoms with Gasteiger partial charge in [-0.05, 0) is 79.2 Å². The summed E-state index contributed by atoms with van der Waals surface area (Å²) in [5.74, 6) is 0.676. The van der Waals surface area contributed by atoms with Gasteiger partial charge in [-0.1, -0.05) is 45.8 Å². The number of nitrogens with one attached hydrogen (secondary N) is 1. The fourth-order valence-electron chi connectivity index (χ4n) is 3.80. The molecule has 0 atom stereocenters. The van der Waals surface area contributed by atoms with Crippen LogP contribution in [-0.4, -0.2) is 42.2 Å². The molecular formula is C29H27BrN2O6S. The van der Waals surface area contributed by atoms with Gasteiger partial charge in [0.1, 0.15) is 18.9 Å². The average molecular weight is 612 g/mol. The molecule has 0 spiro atoms. The van der Waals surface area contributed by atoms with Crippen molar-refractivity contribution in [2.75, 3.05) is 25.6 Å². The number of aryl methyl sites for hydroxylation is 1. The van der Waals surface area contributed by atoms with Crippen LogP contribution in [0.4, 0.5) is 10.5 Å². The summed E-state index contributed by atoms with van der Waals surface area (Å²) in [5, 5.41) is 2.16. The highest BCUT2D eigenvalue weighted by Gasteiger charge is 2.36. The summed E-state index contributed by atoms with van der Waals surface area (Å²) in [6, 6.07) is 18.3. The maximum Gasteiger partial charge on any atom is 0.294 e. The molecule has 1 saturated heterocycles. The molecule has 10 heteroatoms. The van der Waals surface area contributed by atoms with E-state index in [0.29, 0.717) is 46.2 Å². The van der Waals surface area contributed by atoms with Crippen LogP contribution in [-0.2, 0) is 16.2 Å². The number of carbonyl (C=O) groups excluding carboxylic acids is 3. The van der Waals surface area contributed by atoms with Crippen LogP contribution in [0.5, 0.6) is 17.2 Å². The van der Waals surface area contributed by atoms with E-state index in [9.17, 15) is 14.4 Å². The Morgan fingerprint density at radius 2 is 1.79 bits per heavy atom. The quantitative estimate of drug-likeness (QED) is 0.265. The van der Waals surface area contributed by atoms with Crippen molar-refractivity contribution in [3.63, 3.8) is 0 Å². The topological polar surface area (TPSA) is 94.2 Å². The molecule has 0 aliphatic carbocycles. The largest absolute Gasteiger partial charge is 0.497 e. The standard InChI is InChI=1S/C29H27BrN2O6S/c1-4-37-24-13-20(23(30)15-25(24)38-17-19-7-5-6-18(2)12-19)14-26-28(34)32(29(35)39-26)16-27(33)31-21-8-10-22(36-3)11-9-21/h5-15H,4,16-17H2,1-3H3,(H,31,33)/b26-14+. The third-order valence-electron chi connectivity index (χ3n) is 5.68. The molecule has 3 aromatic carbocycles. The number of anilines is 1. The highest BCUT2D eigenvalue weighted by molar-refractivity contribution is 9.10. The van der Waals surface area contributed by atoms with E-state index in [1.54, 1.807) is 49.6 Å². The van der Waals surface area contributed by atoms with Crippen molar-refractivity contribution in [2.45, 2.75) is 20.5 Å². The first-order chi connectivity index (χ1) is 18.8. The van der Waals surface area contributed by atoms with Gasteiger partial charge in [-0.2, -0.15) is 0 Å². The lowest BCUT2D eigenvalue weighted by Gasteiger charge is -2.14. The minimum atomic E-state index is -0.542. The van der Waals surface area contributed by atoms with Crippen molar-refractivity contribution in [1.82, 2.24) is 4.90 Å². The Labute approximate surface area is 239 Å². The number of hydrogen-bond donors (Lipinski definition) is 1. The van der Waals surface area contributed by atoms with Crippen LogP contribution in [0.15, 0.2) is 70.0 Å². The van der Waals surface area contributed by atoms with E-state index in [1.165, 1.54) is 0 Å². The fraction of sp³-hybridized carbons (Fsp3) is 0.207. The lowest BCUT2D eigenvalue weighted by molar-refractivity contribution is -0.127. The molecule has 8 nitrogen and oxygen atoms in total. The Morgan fingerprint density at radius 1 is 1.05 bits per heavy atom. The van der Waals surface area contributed by atoms with Crippen LogP contribution >= 0.6 is 27.7 Å². The number of ether oxygens (including phenoxy) is 3. The van der Waals surface area contributed by atoms with Crippen molar-refractivity contribution < 1.29 is 28.6 Å². The van der Waals surface area contributed by atoms with Gasteiger partial charge in [0.15, 0.2) is 11.5 Å². The summed E-state index contributed by atoms with van der Waals surface area (Å²) < 4.78 is 17.6. The second-order valence-corrected chi connectivity index (χ2v) is 10.4. The lowest BCUT2D eigenvalue weighted by Crippen LogP contribution is -2.36. The van der Waals surface area contributed by atoms with Crippen molar-refractivity contribution >= 4 is 56.5 Å². The van der Waals surface area contributed by atoms with Crippen LogP contribution in [0, 0.1) is 6.92 Å². The number of halogens is 1. The zero-order valence-electron chi connectivity index (χ0n) is 21.7. The molecule has 1 N–H and O–H groups in total. The molecule has 0 bridgehead atoms. The van der Waals surface area contributed by atoms with Gasteiger partial charge in [-0.15, -0.1) is 0 Å². The minimum absolute atomic E-state index is 0.203. The summed E-state index contributed by atoms with van der Waals surface area (Å²) in [6.07, 6.45) is 1.60. The number of amides is 3. The molecule has 0 saturated carbocycles. The third-order valence-corrected chi connectivity index (χ3v) is 7.27. The summed E-state index contributed by atoms with van der Waals surface area (Å²) in [5.41, 5.74) is 3.34. The first kappa shape index (κ1) is 28.3. The third kappa shape index (κ3) is 7.21. The molecule has 0 radical (unpaired) electrons. The second kappa shape index (κ2) is 12.9. The van der Waals surface area contributed by atoms with Gasteiger partial charge >= 0.3 is 0 Å². The van der Waals surface area contributed by atoms with E-state index in [2.05, 4.69) is 27.3 Å². The molecule has 3 aromatic rings. The number of benzene rings is 3. The monoisotopic (exact) mass is 610 g/mol. The highest BCUT2D eigenvalue weighted by Crippen LogP contribution is 2.38. The first-order valence-corrected chi connectivity index (χ1v) is 13.7. The number of imide groups is 1. The molecule has 1 aliphatic heterocycles. The Hall–Kier alpha value is -3.76. The molecule has 39 heavy (non-hydrogen) atoms. The molecular weight excluding hydrogens is 584 g/mol. The molecule has 0 unspecified atom stereocenters. The normalized spacial score (nSPS) is 14.1. The predicted octanol–water partition coefficient (Wildman–Crippen LogP) is 6.42. The van der Waals surface area contributed by atoms with Crippen molar-refractivity contribution in [3.05, 3.63) is 86.7 Å². The molecule has 3 amide bonds. The van der Waals surface area contributed by atoms with Gasteiger partial charge in [0, 0.05) is 10.2 Å². The maximum atomic E-state index is 13.0. The van der Waals surface area contributed by atoms with Crippen molar-refractivity contribution in [3.8, 4) is 17.2 Å². The van der Waals surface area contributed by atoms with Crippen LogP contribution in [0.3, 0.4) is 0 Å². The second-order valence-electron chi connectivity index (χ2n) is 8.58. The summed E-state index contributed by atoms with van der Waals surface area (Å²) in [6.45, 7) is 4.28. The number of carbonyl (C=O) groups is 3. The highest BCUT2D eigenvalue weighted by atomic mass is 79.9. The Balaban J connectivity index is 1.47. The van der Waals surface area contributed by atoms with Gasteiger partial charge in [-0.25, -0.2) is 0 Å². The Kier molecular flexibility index (Phi) is 9.32. The van der Waals surface area contributed by atoms with Gasteiger partial charge in [-0.3, -0.25) is 19.3 Å². The van der Waals surface area contributed by atoms with E-state index in [0.717, 1.165) is 27.8 Å². The van der Waals surface area contributed by atoms with E-state index in [-0.39, 0.29) is 4.91 Å². The number of methoxy groups -OCH3 is 1. The zero-order chi connectivity index (χ0) is 27.9. The minimum Gasteiger partial charge on any atom is -0.497 e. The predicted molar refractivity (Wildman–Crippen MR) is 155 cm³/mol. The van der Waals surface area contributed by atoms with Gasteiger partial charge in [0.25, 0.3) is 11.1 Å². The lowest BCUT2D eigenvalue weighted by atomic mass is 10.1. The molecule has 4 rings (SSSR count). The van der Waals surface area contributed by atoms with Crippen LogP contribution in [0.1, 0.15) is 23.6 Å². The van der Waals surface area contributed by atoms with Crippen LogP contribution in [0.2, 0.25) is 0 Å². The van der Waals surface area contributed by atoms with E-state index >= 15 is 0 Å². The van der Waals surface area contributed by atoms with Crippen LogP contribution in [0.25, 0.3) is 6.08 Å². The van der Waals surface area contributed by atoms with Crippen LogP contribution < -0.4 is 19.5 Å². The zero-order valence-corrected chi connectivity index (χ0v) is 24.1. The Bertz CT molecular complexity index is 1420. The van der Waals surface area contributed by atoms with E-state index in [4.69, 9.17) is 14.2 Å². The number of rotatable bonds is 10. The van der Waals surface area contributed by atoms with Crippen molar-refractivity contribution in [2.24, 2.45) is 0 Å². The van der Waals surface area contributed by atoms with Gasteiger partial charge in [0.05, 0.1) is 18.6 Å². The smallest absolute Gasteiger partial charge is 0.294 e. The summed E-state index contributed by atoms with van der Waals surface area (Å²) >= 11 is 4.32. The molecule has 0 aromatic heterocycles. The molecule has 1 heterocycles. The van der Waals surface area contributed by atoms with Gasteiger partial charge < -0.3 is 19.5 Å². The maximum absolute atomic E-state index is 13.0. The molecule has 1 fully saturated rings. The SMILES string of the molecule is CCOc1cc(/C=C2/SC(=O)N(CC(=O)Nc3ccc(OC)cc3)C2=O)c(Br)cc1OCc1cccc(C)c1. The number of thioether (sulfide) groups is 1. The summed E-state index contributed by atoms with van der Waals surface area (Å²) in [4.78, 5) is 39.2. The first-order valence-electron chi connectivity index (χ1n) is 12.1. The van der Waals surface area contributed by atoms with E-state index < -0.39 is 23.6 Å². The van der Waals surface area contributed by atoms with Crippen molar-refractivity contribution in [1.29, 1.82) is 0 Å². The average Bonchev–Trinajstić information content (AvgIpc) is 3.17. The fourth-order valence-corrected chi connectivity index (χ4v) is 5.07. The molecule has 1 aliphatic rings. The van der Waals surface area contributed by atoms with Gasteiger partial charge in [0.2, 0.25) is 5.91 Å². The Morgan fingerprint density at radius 3 is 2.49 bits per heavy atom. The summed E-state index contributed by atoms with van der Waals surface area (Å²) in [7, 11) is 1.55. The number of nitrogens with zero attached hydrogens (tertiary/aromatic N) is 1. The molecule has 202 valence electrons.